The third-order valence-corrected chi connectivity index (χ3v) is 4.26. The molecule has 1 heterocycles. The van der Waals surface area contributed by atoms with Crippen LogP contribution in [0.5, 0.6) is 0 Å². The minimum absolute atomic E-state index is 0.493. The number of nitrogens with one attached hydrogen (secondary N) is 1. The quantitative estimate of drug-likeness (QED) is 0.679. The number of rotatable bonds is 2. The molecule has 0 unspecified atom stereocenters. The lowest BCUT2D eigenvalue weighted by molar-refractivity contribution is 1.34. The molecule has 0 radical (unpaired) electrons. The molecule has 21 heavy (non-hydrogen) atoms. The number of hydrogen-bond donors (Lipinski definition) is 1. The maximum absolute atomic E-state index is 9.29. The van der Waals surface area contributed by atoms with Crippen molar-refractivity contribution in [2.45, 2.75) is 0 Å². The van der Waals surface area contributed by atoms with E-state index in [1.54, 1.807) is 6.07 Å². The number of hydrogen-bond acceptors (Lipinski definition) is 3. The number of aromatic nitrogens is 1. The summed E-state index contributed by atoms with van der Waals surface area (Å²) < 4.78 is 0.821. The summed E-state index contributed by atoms with van der Waals surface area (Å²) in [5.74, 6) is 0.523. The van der Waals surface area contributed by atoms with E-state index in [0.29, 0.717) is 16.4 Å². The van der Waals surface area contributed by atoms with Crippen LogP contribution in [-0.4, -0.2) is 4.98 Å². The molecular formula is C16H9BrClN3. The highest BCUT2D eigenvalue weighted by Gasteiger charge is 2.08. The Morgan fingerprint density at radius 2 is 1.95 bits per heavy atom. The molecule has 0 saturated heterocycles. The molecule has 0 spiro atoms. The van der Waals surface area contributed by atoms with Crippen molar-refractivity contribution in [2.24, 2.45) is 0 Å². The Balaban J connectivity index is 2.06. The van der Waals surface area contributed by atoms with Crippen molar-refractivity contribution in [3.05, 3.63) is 63.6 Å². The van der Waals surface area contributed by atoms with Crippen molar-refractivity contribution < 1.29 is 0 Å². The Morgan fingerprint density at radius 3 is 2.71 bits per heavy atom. The molecule has 3 rings (SSSR count). The molecule has 0 aliphatic carbocycles. The topological polar surface area (TPSA) is 48.7 Å². The zero-order valence-electron chi connectivity index (χ0n) is 10.8. The molecule has 3 nitrogen and oxygen atoms in total. The summed E-state index contributed by atoms with van der Waals surface area (Å²) in [5.41, 5.74) is 2.11. The second kappa shape index (κ2) is 5.72. The van der Waals surface area contributed by atoms with Crippen LogP contribution in [-0.2, 0) is 0 Å². The van der Waals surface area contributed by atoms with E-state index in [-0.39, 0.29) is 0 Å². The lowest BCUT2D eigenvalue weighted by Crippen LogP contribution is -1.97. The lowest BCUT2D eigenvalue weighted by atomic mass is 10.1. The zero-order chi connectivity index (χ0) is 14.8. The van der Waals surface area contributed by atoms with Gasteiger partial charge in [0.1, 0.15) is 11.9 Å². The fourth-order valence-corrected chi connectivity index (χ4v) is 2.43. The fraction of sp³-hybridized carbons (Fsp3) is 0. The van der Waals surface area contributed by atoms with Gasteiger partial charge in [0.2, 0.25) is 0 Å². The van der Waals surface area contributed by atoms with Crippen LogP contribution in [0.4, 0.5) is 11.5 Å². The second-order valence-electron chi connectivity index (χ2n) is 4.44. The highest BCUT2D eigenvalue weighted by Crippen LogP contribution is 2.28. The summed E-state index contributed by atoms with van der Waals surface area (Å²) in [5, 5.41) is 14.0. The number of nitrogens with zero attached hydrogens (tertiary/aromatic N) is 2. The molecule has 1 N–H and O–H groups in total. The van der Waals surface area contributed by atoms with Crippen LogP contribution in [0.3, 0.4) is 0 Å². The molecule has 0 aliphatic heterocycles. The minimum Gasteiger partial charge on any atom is -0.339 e. The van der Waals surface area contributed by atoms with Gasteiger partial charge in [0.05, 0.1) is 16.1 Å². The van der Waals surface area contributed by atoms with E-state index in [4.69, 9.17) is 11.6 Å². The van der Waals surface area contributed by atoms with Gasteiger partial charge in [-0.2, -0.15) is 5.26 Å². The van der Waals surface area contributed by atoms with Crippen molar-refractivity contribution in [3.8, 4) is 6.07 Å². The highest BCUT2D eigenvalue weighted by molar-refractivity contribution is 9.10. The number of nitriles is 1. The van der Waals surface area contributed by atoms with Gasteiger partial charge in [-0.1, -0.05) is 29.8 Å². The molecule has 0 saturated carbocycles. The number of benzene rings is 2. The molecular weight excluding hydrogens is 350 g/mol. The van der Waals surface area contributed by atoms with Crippen LogP contribution >= 0.6 is 27.5 Å². The average Bonchev–Trinajstić information content (AvgIpc) is 2.50. The van der Waals surface area contributed by atoms with E-state index in [0.717, 1.165) is 21.1 Å². The molecule has 0 bridgehead atoms. The Kier molecular flexibility index (Phi) is 3.78. The number of para-hydroxylation sites is 1. The molecule has 5 heteroatoms. The first-order valence-corrected chi connectivity index (χ1v) is 7.36. The standard InChI is InChI=1S/C16H9BrClN3/c17-13-6-5-12(8-14(13)18)20-16-11(9-19)7-10-3-1-2-4-15(10)21-16/h1-8H,(H,20,21). The third kappa shape index (κ3) is 2.85. The second-order valence-corrected chi connectivity index (χ2v) is 5.70. The molecule has 3 aromatic rings. The van der Waals surface area contributed by atoms with Crippen LogP contribution in [0.1, 0.15) is 5.56 Å². The van der Waals surface area contributed by atoms with Gasteiger partial charge in [0.25, 0.3) is 0 Å². The number of pyridine rings is 1. The monoisotopic (exact) mass is 357 g/mol. The number of halogens is 2. The Hall–Kier alpha value is -2.09. The lowest BCUT2D eigenvalue weighted by Gasteiger charge is -2.09. The summed E-state index contributed by atoms with van der Waals surface area (Å²) in [6.45, 7) is 0. The Morgan fingerprint density at radius 1 is 1.14 bits per heavy atom. The molecule has 0 amide bonds. The van der Waals surface area contributed by atoms with Gasteiger partial charge in [-0.05, 0) is 46.3 Å². The van der Waals surface area contributed by atoms with Gasteiger partial charge in [0.15, 0.2) is 0 Å². The van der Waals surface area contributed by atoms with Gasteiger partial charge in [-0.15, -0.1) is 0 Å². The van der Waals surface area contributed by atoms with E-state index < -0.39 is 0 Å². The van der Waals surface area contributed by atoms with Gasteiger partial charge in [-0.3, -0.25) is 0 Å². The predicted molar refractivity (Wildman–Crippen MR) is 88.9 cm³/mol. The maximum atomic E-state index is 9.29. The van der Waals surface area contributed by atoms with Crippen molar-refractivity contribution in [1.82, 2.24) is 4.98 Å². The molecule has 0 atom stereocenters. The largest absolute Gasteiger partial charge is 0.339 e. The molecule has 0 fully saturated rings. The van der Waals surface area contributed by atoms with Crippen LogP contribution in [0, 0.1) is 11.3 Å². The summed E-state index contributed by atoms with van der Waals surface area (Å²) in [6.07, 6.45) is 0. The van der Waals surface area contributed by atoms with Gasteiger partial charge in [-0.25, -0.2) is 4.98 Å². The zero-order valence-corrected chi connectivity index (χ0v) is 13.1. The first kappa shape index (κ1) is 13.9. The molecule has 1 aromatic heterocycles. The van der Waals surface area contributed by atoms with E-state index >= 15 is 0 Å². The summed E-state index contributed by atoms with van der Waals surface area (Å²) in [6, 6.07) is 17.2. The minimum atomic E-state index is 0.493. The molecule has 2 aromatic carbocycles. The van der Waals surface area contributed by atoms with Gasteiger partial charge in [0, 0.05) is 15.5 Å². The van der Waals surface area contributed by atoms with Gasteiger partial charge >= 0.3 is 0 Å². The first-order chi connectivity index (χ1) is 10.2. The van der Waals surface area contributed by atoms with Gasteiger partial charge < -0.3 is 5.32 Å². The SMILES string of the molecule is N#Cc1cc2ccccc2nc1Nc1ccc(Br)c(Cl)c1. The predicted octanol–water partition coefficient (Wildman–Crippen LogP) is 5.27. The average molecular weight is 359 g/mol. The van der Waals surface area contributed by atoms with E-state index in [2.05, 4.69) is 32.3 Å². The van der Waals surface area contributed by atoms with Crippen LogP contribution < -0.4 is 5.32 Å². The summed E-state index contributed by atoms with van der Waals surface area (Å²) in [4.78, 5) is 4.50. The van der Waals surface area contributed by atoms with Crippen molar-refractivity contribution >= 4 is 49.9 Å². The highest BCUT2D eigenvalue weighted by atomic mass is 79.9. The van der Waals surface area contributed by atoms with Crippen LogP contribution in [0.25, 0.3) is 10.9 Å². The summed E-state index contributed by atoms with van der Waals surface area (Å²) in [7, 11) is 0. The Labute approximate surface area is 135 Å². The molecule has 102 valence electrons. The normalized spacial score (nSPS) is 10.3. The number of fused-ring (bicyclic) bond motifs is 1. The fourth-order valence-electron chi connectivity index (χ4n) is 2.01. The van der Waals surface area contributed by atoms with Crippen molar-refractivity contribution in [1.29, 1.82) is 5.26 Å². The molecule has 0 aliphatic rings. The summed E-state index contributed by atoms with van der Waals surface area (Å²) >= 11 is 9.42. The van der Waals surface area contributed by atoms with E-state index in [1.807, 2.05) is 42.5 Å². The Bertz CT molecular complexity index is 871. The smallest absolute Gasteiger partial charge is 0.149 e. The van der Waals surface area contributed by atoms with Crippen LogP contribution in [0.15, 0.2) is 53.0 Å². The van der Waals surface area contributed by atoms with E-state index in [1.165, 1.54) is 0 Å². The van der Waals surface area contributed by atoms with Crippen LogP contribution in [0.2, 0.25) is 5.02 Å². The first-order valence-electron chi connectivity index (χ1n) is 6.19. The van der Waals surface area contributed by atoms with E-state index in [9.17, 15) is 5.26 Å². The van der Waals surface area contributed by atoms with Crippen molar-refractivity contribution in [2.75, 3.05) is 5.32 Å². The van der Waals surface area contributed by atoms with Crippen molar-refractivity contribution in [3.63, 3.8) is 0 Å². The third-order valence-electron chi connectivity index (χ3n) is 3.03. The maximum Gasteiger partial charge on any atom is 0.149 e. The number of anilines is 2.